The van der Waals surface area contributed by atoms with Crippen LogP contribution in [0.2, 0.25) is 5.02 Å². The number of amidine groups is 1. The highest BCUT2D eigenvalue weighted by molar-refractivity contribution is 8.16. The highest BCUT2D eigenvalue weighted by Gasteiger charge is 2.41. The predicted octanol–water partition coefficient (Wildman–Crippen LogP) is 4.63. The van der Waals surface area contributed by atoms with Gasteiger partial charge in [-0.05, 0) is 42.2 Å². The van der Waals surface area contributed by atoms with E-state index < -0.39 is 6.04 Å². The van der Waals surface area contributed by atoms with Crippen LogP contribution < -0.4 is 5.32 Å². The fourth-order valence-electron chi connectivity index (χ4n) is 4.91. The van der Waals surface area contributed by atoms with Gasteiger partial charge >= 0.3 is 0 Å². The first-order chi connectivity index (χ1) is 18.3. The number of aliphatic imine (C=N–C) groups is 1. The van der Waals surface area contributed by atoms with Gasteiger partial charge in [0.15, 0.2) is 5.17 Å². The summed E-state index contributed by atoms with van der Waals surface area (Å²) in [7, 11) is 0. The van der Waals surface area contributed by atoms with Gasteiger partial charge in [-0.2, -0.15) is 0 Å². The molecule has 0 spiro atoms. The Hall–Kier alpha value is -3.56. The lowest BCUT2D eigenvalue weighted by Crippen LogP contribution is -2.50. The Morgan fingerprint density at radius 3 is 2.42 bits per heavy atom. The number of allylic oxidation sites excluding steroid dienone is 1. The van der Waals surface area contributed by atoms with Gasteiger partial charge in [0.05, 0.1) is 23.7 Å². The zero-order valence-electron chi connectivity index (χ0n) is 21.2. The van der Waals surface area contributed by atoms with E-state index in [0.29, 0.717) is 53.3 Å². The topological polar surface area (TPSA) is 85.3 Å². The number of halogens is 1. The van der Waals surface area contributed by atoms with Crippen molar-refractivity contribution in [2.45, 2.75) is 26.3 Å². The molecule has 196 valence electrons. The number of nitrogens with zero attached hydrogens (tertiary/aromatic N) is 4. The average molecular weight is 550 g/mol. The van der Waals surface area contributed by atoms with Crippen molar-refractivity contribution in [1.29, 1.82) is 0 Å². The highest BCUT2D eigenvalue weighted by Crippen LogP contribution is 2.45. The van der Waals surface area contributed by atoms with E-state index in [9.17, 15) is 14.4 Å². The summed E-state index contributed by atoms with van der Waals surface area (Å²) in [5.74, 6) is -0.258. The summed E-state index contributed by atoms with van der Waals surface area (Å²) in [5, 5.41) is 6.21. The first-order valence-electron chi connectivity index (χ1n) is 12.4. The molecule has 38 heavy (non-hydrogen) atoms. The van der Waals surface area contributed by atoms with E-state index in [2.05, 4.69) is 5.32 Å². The van der Waals surface area contributed by atoms with Crippen LogP contribution in [0.5, 0.6) is 0 Å². The average Bonchev–Trinajstić information content (AvgIpc) is 3.30. The number of amides is 3. The number of thioether (sulfide) groups is 1. The molecule has 2 aromatic rings. The quantitative estimate of drug-likeness (QED) is 0.587. The van der Waals surface area contributed by atoms with Crippen molar-refractivity contribution < 1.29 is 14.4 Å². The number of hydrogen-bond acceptors (Lipinski definition) is 6. The van der Waals surface area contributed by atoms with Crippen LogP contribution in [-0.2, 0) is 14.4 Å². The normalized spacial score (nSPS) is 19.1. The number of benzene rings is 2. The Bertz CT molecular complexity index is 1370. The molecule has 0 aromatic heterocycles. The second-order valence-corrected chi connectivity index (χ2v) is 10.6. The number of hydrogen-bond donors (Lipinski definition) is 1. The van der Waals surface area contributed by atoms with Crippen molar-refractivity contribution in [3.05, 3.63) is 87.6 Å². The number of piperazine rings is 1. The second kappa shape index (κ2) is 11.0. The molecule has 10 heteroatoms. The van der Waals surface area contributed by atoms with E-state index in [1.807, 2.05) is 65.8 Å². The van der Waals surface area contributed by atoms with Crippen molar-refractivity contribution in [3.63, 3.8) is 0 Å². The maximum atomic E-state index is 13.7. The number of rotatable bonds is 5. The third-order valence-electron chi connectivity index (χ3n) is 6.85. The van der Waals surface area contributed by atoms with E-state index in [0.717, 1.165) is 11.3 Å². The molecule has 0 aliphatic carbocycles. The van der Waals surface area contributed by atoms with Crippen LogP contribution in [0.15, 0.2) is 82.0 Å². The summed E-state index contributed by atoms with van der Waals surface area (Å²) in [5.41, 5.74) is 3.40. The first-order valence-corrected chi connectivity index (χ1v) is 13.7. The Balaban J connectivity index is 1.43. The molecule has 0 bridgehead atoms. The monoisotopic (exact) mass is 549 g/mol. The van der Waals surface area contributed by atoms with Gasteiger partial charge in [-0.25, -0.2) is 4.99 Å². The Labute approximate surface area is 231 Å². The minimum Gasteiger partial charge on any atom is -0.339 e. The van der Waals surface area contributed by atoms with E-state index in [1.54, 1.807) is 22.8 Å². The van der Waals surface area contributed by atoms with E-state index in [1.165, 1.54) is 11.8 Å². The molecule has 2 aromatic carbocycles. The van der Waals surface area contributed by atoms with Gasteiger partial charge in [-0.1, -0.05) is 53.7 Å². The van der Waals surface area contributed by atoms with Gasteiger partial charge in [0.25, 0.3) is 5.91 Å². The smallest absolute Gasteiger partial charge is 0.255 e. The molecule has 3 amide bonds. The molecule has 3 heterocycles. The maximum Gasteiger partial charge on any atom is 0.255 e. The van der Waals surface area contributed by atoms with Gasteiger partial charge in [0, 0.05) is 49.5 Å². The first kappa shape index (κ1) is 26.1. The number of nitrogens with one attached hydrogen (secondary N) is 1. The SMILES string of the molecule is CC(=O)N1CCN(C(=O)CC2=CSC3=NC(C)=C(C(=O)Nc4ccccc4)C(c4cccc(Cl)c4)N23)CC1. The lowest BCUT2D eigenvalue weighted by molar-refractivity contribution is -0.138. The fraction of sp³-hybridized carbons (Fsp3) is 0.286. The van der Waals surface area contributed by atoms with Crippen LogP contribution in [0.25, 0.3) is 0 Å². The van der Waals surface area contributed by atoms with Crippen molar-refractivity contribution in [3.8, 4) is 0 Å². The van der Waals surface area contributed by atoms with Gasteiger partial charge in [0.2, 0.25) is 11.8 Å². The summed E-state index contributed by atoms with van der Waals surface area (Å²) in [4.78, 5) is 48.9. The highest BCUT2D eigenvalue weighted by atomic mass is 35.5. The van der Waals surface area contributed by atoms with E-state index >= 15 is 0 Å². The molecule has 1 fully saturated rings. The van der Waals surface area contributed by atoms with Crippen molar-refractivity contribution in [1.82, 2.24) is 14.7 Å². The van der Waals surface area contributed by atoms with E-state index in [4.69, 9.17) is 16.6 Å². The van der Waals surface area contributed by atoms with Gasteiger partial charge in [-0.3, -0.25) is 14.4 Å². The third kappa shape index (κ3) is 5.35. The minimum absolute atomic E-state index is 0.0206. The summed E-state index contributed by atoms with van der Waals surface area (Å²) in [6.07, 6.45) is 0.162. The second-order valence-electron chi connectivity index (χ2n) is 9.33. The molecule has 8 nitrogen and oxygen atoms in total. The zero-order chi connectivity index (χ0) is 26.8. The Kier molecular flexibility index (Phi) is 7.58. The van der Waals surface area contributed by atoms with Gasteiger partial charge < -0.3 is 20.0 Å². The molecule has 1 unspecified atom stereocenters. The lowest BCUT2D eigenvalue weighted by atomic mass is 9.93. The van der Waals surface area contributed by atoms with Crippen molar-refractivity contribution in [2.24, 2.45) is 4.99 Å². The molecule has 3 aliphatic heterocycles. The number of anilines is 1. The Morgan fingerprint density at radius 2 is 1.74 bits per heavy atom. The van der Waals surface area contributed by atoms with Gasteiger partial charge in [0.1, 0.15) is 0 Å². The minimum atomic E-state index is -0.506. The van der Waals surface area contributed by atoms with Crippen molar-refractivity contribution >= 4 is 51.9 Å². The summed E-state index contributed by atoms with van der Waals surface area (Å²) in [6, 6.07) is 16.2. The molecule has 5 rings (SSSR count). The van der Waals surface area contributed by atoms with Crippen LogP contribution in [0.4, 0.5) is 5.69 Å². The molecule has 1 N–H and O–H groups in total. The van der Waals surface area contributed by atoms with Crippen LogP contribution >= 0.6 is 23.4 Å². The number of carbonyl (C=O) groups excluding carboxylic acids is 3. The molecule has 0 saturated carbocycles. The molecule has 1 saturated heterocycles. The lowest BCUT2D eigenvalue weighted by Gasteiger charge is -2.38. The number of para-hydroxylation sites is 1. The van der Waals surface area contributed by atoms with Crippen LogP contribution in [0.1, 0.15) is 31.9 Å². The fourth-order valence-corrected chi connectivity index (χ4v) is 6.07. The number of carbonyl (C=O) groups is 3. The number of fused-ring (bicyclic) bond motifs is 1. The molecular formula is C28H28ClN5O3S. The van der Waals surface area contributed by atoms with Crippen LogP contribution in [0.3, 0.4) is 0 Å². The molecule has 3 aliphatic rings. The standard InChI is InChI=1S/C28H28ClN5O3S/c1-18-25(27(37)31-22-9-4-3-5-10-22)26(20-7-6-8-21(29)15-20)34-23(17-38-28(34)30-18)16-24(36)33-13-11-32(12-14-33)19(2)35/h3-10,15,17,26H,11-14,16H2,1-2H3,(H,31,37). The Morgan fingerprint density at radius 1 is 1.03 bits per heavy atom. The predicted molar refractivity (Wildman–Crippen MR) is 150 cm³/mol. The maximum absolute atomic E-state index is 13.7. The van der Waals surface area contributed by atoms with Crippen LogP contribution in [0, 0.1) is 0 Å². The third-order valence-corrected chi connectivity index (χ3v) is 7.98. The summed E-state index contributed by atoms with van der Waals surface area (Å²) >= 11 is 7.83. The molecule has 1 atom stereocenters. The zero-order valence-corrected chi connectivity index (χ0v) is 22.8. The van der Waals surface area contributed by atoms with Crippen molar-refractivity contribution in [2.75, 3.05) is 31.5 Å². The van der Waals surface area contributed by atoms with E-state index in [-0.39, 0.29) is 24.1 Å². The molecular weight excluding hydrogens is 522 g/mol. The van der Waals surface area contributed by atoms with Crippen LogP contribution in [-0.4, -0.2) is 63.8 Å². The summed E-state index contributed by atoms with van der Waals surface area (Å²) in [6.45, 7) is 5.44. The summed E-state index contributed by atoms with van der Waals surface area (Å²) < 4.78 is 0. The molecule has 0 radical (unpaired) electrons. The largest absolute Gasteiger partial charge is 0.339 e. The van der Waals surface area contributed by atoms with Gasteiger partial charge in [-0.15, -0.1) is 0 Å².